The summed E-state index contributed by atoms with van der Waals surface area (Å²) in [6.45, 7) is 4.94. The molecule has 1 atom stereocenters. The average Bonchev–Trinajstić information content (AvgIpc) is 2.23. The first kappa shape index (κ1) is 14.4. The summed E-state index contributed by atoms with van der Waals surface area (Å²) in [5, 5.41) is 2.47. The molecule has 0 saturated heterocycles. The lowest BCUT2D eigenvalue weighted by Crippen LogP contribution is -2.48. The van der Waals surface area contributed by atoms with Crippen molar-refractivity contribution in [2.75, 3.05) is 20.2 Å². The fraction of sp³-hybridized carbons (Fsp3) is 0.700. The zero-order valence-corrected chi connectivity index (χ0v) is 10.1. The summed E-state index contributed by atoms with van der Waals surface area (Å²) in [6, 6.07) is -0.637. The SMILES string of the molecule is CCN(CC(=O)OC)C(=O)C(C)NC(C)=O. The Hall–Kier alpha value is -1.59. The van der Waals surface area contributed by atoms with Crippen LogP contribution < -0.4 is 5.32 Å². The van der Waals surface area contributed by atoms with Crippen LogP contribution in [0.25, 0.3) is 0 Å². The van der Waals surface area contributed by atoms with Crippen molar-refractivity contribution in [3.63, 3.8) is 0 Å². The molecule has 0 fully saturated rings. The second-order valence-electron chi connectivity index (χ2n) is 3.35. The lowest BCUT2D eigenvalue weighted by atomic mass is 10.2. The zero-order valence-electron chi connectivity index (χ0n) is 10.1. The highest BCUT2D eigenvalue weighted by atomic mass is 16.5. The van der Waals surface area contributed by atoms with E-state index < -0.39 is 12.0 Å². The predicted molar refractivity (Wildman–Crippen MR) is 57.5 cm³/mol. The van der Waals surface area contributed by atoms with Gasteiger partial charge in [-0.2, -0.15) is 0 Å². The first-order valence-corrected chi connectivity index (χ1v) is 5.05. The number of amides is 2. The molecule has 0 aromatic heterocycles. The Balaban J connectivity index is 4.40. The predicted octanol–water partition coefficient (Wildman–Crippen LogP) is -0.467. The monoisotopic (exact) mass is 230 g/mol. The molecule has 6 heteroatoms. The topological polar surface area (TPSA) is 75.7 Å². The lowest BCUT2D eigenvalue weighted by Gasteiger charge is -2.23. The maximum absolute atomic E-state index is 11.8. The number of nitrogens with one attached hydrogen (secondary N) is 1. The van der Waals surface area contributed by atoms with Crippen LogP contribution in [0.4, 0.5) is 0 Å². The standard InChI is InChI=1S/C10H18N2O4/c1-5-12(6-9(14)16-4)10(15)7(2)11-8(3)13/h7H,5-6H2,1-4H3,(H,11,13). The van der Waals surface area contributed by atoms with E-state index in [-0.39, 0.29) is 18.4 Å². The number of carbonyl (C=O) groups is 3. The van der Waals surface area contributed by atoms with Crippen LogP contribution in [0.3, 0.4) is 0 Å². The number of likely N-dealkylation sites (N-methyl/N-ethyl adjacent to an activating group) is 1. The van der Waals surface area contributed by atoms with Gasteiger partial charge in [0.15, 0.2) is 0 Å². The molecule has 0 aliphatic carbocycles. The molecule has 1 unspecified atom stereocenters. The van der Waals surface area contributed by atoms with Crippen molar-refractivity contribution in [3.8, 4) is 0 Å². The first-order valence-electron chi connectivity index (χ1n) is 5.05. The largest absolute Gasteiger partial charge is 0.468 e. The minimum atomic E-state index is -0.637. The van der Waals surface area contributed by atoms with Crippen molar-refractivity contribution in [3.05, 3.63) is 0 Å². The van der Waals surface area contributed by atoms with E-state index in [9.17, 15) is 14.4 Å². The number of esters is 1. The van der Waals surface area contributed by atoms with Crippen LogP contribution in [0.15, 0.2) is 0 Å². The van der Waals surface area contributed by atoms with Gasteiger partial charge >= 0.3 is 5.97 Å². The van der Waals surface area contributed by atoms with E-state index in [0.717, 1.165) is 0 Å². The van der Waals surface area contributed by atoms with Crippen LogP contribution >= 0.6 is 0 Å². The van der Waals surface area contributed by atoms with Gasteiger partial charge in [-0.3, -0.25) is 14.4 Å². The van der Waals surface area contributed by atoms with Gasteiger partial charge in [-0.1, -0.05) is 0 Å². The van der Waals surface area contributed by atoms with Gasteiger partial charge in [0.25, 0.3) is 0 Å². The van der Waals surface area contributed by atoms with Gasteiger partial charge in [-0.05, 0) is 13.8 Å². The van der Waals surface area contributed by atoms with E-state index in [1.54, 1.807) is 13.8 Å². The Morgan fingerprint density at radius 3 is 2.31 bits per heavy atom. The van der Waals surface area contributed by atoms with E-state index in [1.807, 2.05) is 0 Å². The van der Waals surface area contributed by atoms with Gasteiger partial charge in [-0.25, -0.2) is 0 Å². The van der Waals surface area contributed by atoms with Gasteiger partial charge in [-0.15, -0.1) is 0 Å². The van der Waals surface area contributed by atoms with Gasteiger partial charge in [0, 0.05) is 13.5 Å². The Bertz CT molecular complexity index is 278. The number of carbonyl (C=O) groups excluding carboxylic acids is 3. The Morgan fingerprint density at radius 1 is 1.38 bits per heavy atom. The fourth-order valence-electron chi connectivity index (χ4n) is 1.21. The van der Waals surface area contributed by atoms with Crippen LogP contribution in [0.5, 0.6) is 0 Å². The van der Waals surface area contributed by atoms with Crippen molar-refractivity contribution in [2.45, 2.75) is 26.8 Å². The van der Waals surface area contributed by atoms with E-state index in [2.05, 4.69) is 10.1 Å². The van der Waals surface area contributed by atoms with Crippen molar-refractivity contribution in [1.82, 2.24) is 10.2 Å². The van der Waals surface area contributed by atoms with Crippen LogP contribution in [0, 0.1) is 0 Å². The van der Waals surface area contributed by atoms with Gasteiger partial charge < -0.3 is 15.0 Å². The summed E-state index contributed by atoms with van der Waals surface area (Å²) in [7, 11) is 1.26. The maximum Gasteiger partial charge on any atom is 0.325 e. The van der Waals surface area contributed by atoms with Gasteiger partial charge in [0.05, 0.1) is 7.11 Å². The minimum Gasteiger partial charge on any atom is -0.468 e. The quantitative estimate of drug-likeness (QED) is 0.648. The fourth-order valence-corrected chi connectivity index (χ4v) is 1.21. The highest BCUT2D eigenvalue weighted by Gasteiger charge is 2.21. The van der Waals surface area contributed by atoms with Crippen LogP contribution in [-0.2, 0) is 19.1 Å². The zero-order chi connectivity index (χ0) is 12.7. The molecule has 0 aromatic carbocycles. The number of hydrogen-bond donors (Lipinski definition) is 1. The van der Waals surface area contributed by atoms with E-state index in [1.165, 1.54) is 18.9 Å². The Morgan fingerprint density at radius 2 is 1.94 bits per heavy atom. The smallest absolute Gasteiger partial charge is 0.325 e. The highest BCUT2D eigenvalue weighted by Crippen LogP contribution is 1.96. The summed E-state index contributed by atoms with van der Waals surface area (Å²) in [6.07, 6.45) is 0. The molecule has 0 bridgehead atoms. The molecule has 92 valence electrons. The van der Waals surface area contributed by atoms with Crippen LogP contribution in [0.2, 0.25) is 0 Å². The number of methoxy groups -OCH3 is 1. The number of hydrogen-bond acceptors (Lipinski definition) is 4. The molecule has 6 nitrogen and oxygen atoms in total. The molecule has 0 spiro atoms. The summed E-state index contributed by atoms with van der Waals surface area (Å²) in [5.74, 6) is -1.07. The van der Waals surface area contributed by atoms with E-state index >= 15 is 0 Å². The highest BCUT2D eigenvalue weighted by molar-refractivity contribution is 5.88. The maximum atomic E-state index is 11.8. The minimum absolute atomic E-state index is 0.101. The Kier molecular flexibility index (Phi) is 6.14. The van der Waals surface area contributed by atoms with Gasteiger partial charge in [0.2, 0.25) is 11.8 Å². The molecule has 0 radical (unpaired) electrons. The molecule has 0 heterocycles. The van der Waals surface area contributed by atoms with Crippen molar-refractivity contribution >= 4 is 17.8 Å². The second-order valence-corrected chi connectivity index (χ2v) is 3.35. The molecule has 2 amide bonds. The Labute approximate surface area is 94.9 Å². The van der Waals surface area contributed by atoms with Crippen LogP contribution in [0.1, 0.15) is 20.8 Å². The summed E-state index contributed by atoms with van der Waals surface area (Å²) in [5.41, 5.74) is 0. The second kappa shape index (κ2) is 6.81. The molecule has 0 rings (SSSR count). The molecule has 0 aliphatic rings. The van der Waals surface area contributed by atoms with Gasteiger partial charge in [0.1, 0.15) is 12.6 Å². The van der Waals surface area contributed by atoms with Crippen molar-refractivity contribution < 1.29 is 19.1 Å². The molecule has 0 aromatic rings. The third-order valence-electron chi connectivity index (χ3n) is 2.03. The third kappa shape index (κ3) is 4.77. The summed E-state index contributed by atoms with van der Waals surface area (Å²) < 4.78 is 4.47. The summed E-state index contributed by atoms with van der Waals surface area (Å²) in [4.78, 5) is 34.9. The molecular formula is C10H18N2O4. The van der Waals surface area contributed by atoms with Crippen molar-refractivity contribution in [1.29, 1.82) is 0 Å². The summed E-state index contributed by atoms with van der Waals surface area (Å²) >= 11 is 0. The molecule has 16 heavy (non-hydrogen) atoms. The molecule has 0 aliphatic heterocycles. The molecule has 1 N–H and O–H groups in total. The lowest BCUT2D eigenvalue weighted by molar-refractivity contribution is -0.147. The first-order chi connectivity index (χ1) is 7.42. The number of rotatable bonds is 5. The third-order valence-corrected chi connectivity index (χ3v) is 2.03. The normalized spacial score (nSPS) is 11.5. The number of ether oxygens (including phenoxy) is 1. The van der Waals surface area contributed by atoms with Crippen LogP contribution in [-0.4, -0.2) is 48.9 Å². The van der Waals surface area contributed by atoms with E-state index in [4.69, 9.17) is 0 Å². The van der Waals surface area contributed by atoms with E-state index in [0.29, 0.717) is 6.54 Å². The number of nitrogens with zero attached hydrogens (tertiary/aromatic N) is 1. The molecular weight excluding hydrogens is 212 g/mol. The van der Waals surface area contributed by atoms with Crippen molar-refractivity contribution in [2.24, 2.45) is 0 Å². The average molecular weight is 230 g/mol. The molecule has 0 saturated carbocycles.